The Morgan fingerprint density at radius 3 is 2.83 bits per heavy atom. The van der Waals surface area contributed by atoms with Crippen molar-refractivity contribution in [3.8, 4) is 5.69 Å². The number of amides is 1. The van der Waals surface area contributed by atoms with E-state index in [0.717, 1.165) is 16.3 Å². The molecule has 2 heterocycles. The summed E-state index contributed by atoms with van der Waals surface area (Å²) >= 11 is 1.30. The molecule has 2 aromatic heterocycles. The molecule has 7 nitrogen and oxygen atoms in total. The highest BCUT2D eigenvalue weighted by atomic mass is 32.1. The van der Waals surface area contributed by atoms with Gasteiger partial charge in [0.05, 0.1) is 29.0 Å². The number of carbonyl (C=O) groups is 1. The van der Waals surface area contributed by atoms with Gasteiger partial charge in [-0.3, -0.25) is 4.79 Å². The summed E-state index contributed by atoms with van der Waals surface area (Å²) < 4.78 is 5.48. The zero-order valence-corrected chi connectivity index (χ0v) is 13.6. The Bertz CT molecular complexity index is 795. The van der Waals surface area contributed by atoms with Crippen LogP contribution in [0.4, 0.5) is 0 Å². The number of benzene rings is 1. The van der Waals surface area contributed by atoms with Crippen molar-refractivity contribution >= 4 is 17.4 Å². The van der Waals surface area contributed by atoms with Gasteiger partial charge in [-0.2, -0.15) is 0 Å². The molecule has 0 atom stereocenters. The van der Waals surface area contributed by atoms with Crippen LogP contribution in [0.1, 0.15) is 40.8 Å². The summed E-state index contributed by atoms with van der Waals surface area (Å²) in [4.78, 5) is 13.4. The first-order valence-corrected chi connectivity index (χ1v) is 7.99. The first-order valence-electron chi connectivity index (χ1n) is 7.22. The molecule has 0 spiro atoms. The number of aromatic nitrogens is 5. The lowest BCUT2D eigenvalue weighted by molar-refractivity contribution is 0.0943. The van der Waals surface area contributed by atoms with Crippen LogP contribution in [0, 0.1) is 0 Å². The third-order valence-corrected chi connectivity index (χ3v) is 4.06. The normalized spacial score (nSPS) is 10.9. The van der Waals surface area contributed by atoms with Crippen LogP contribution in [-0.4, -0.2) is 30.5 Å². The fraction of sp³-hybridized carbons (Fsp3) is 0.267. The van der Waals surface area contributed by atoms with E-state index in [1.165, 1.54) is 22.4 Å². The van der Waals surface area contributed by atoms with Crippen LogP contribution in [0.25, 0.3) is 5.69 Å². The largest absolute Gasteiger partial charge is 0.346 e. The van der Waals surface area contributed by atoms with Crippen LogP contribution in [0.3, 0.4) is 0 Å². The third-order valence-electron chi connectivity index (χ3n) is 3.32. The maximum absolute atomic E-state index is 12.4. The lowest BCUT2D eigenvalue weighted by atomic mass is 10.1. The van der Waals surface area contributed by atoms with Gasteiger partial charge in [0.2, 0.25) is 0 Å². The van der Waals surface area contributed by atoms with E-state index < -0.39 is 0 Å². The minimum atomic E-state index is -0.234. The Balaban J connectivity index is 1.75. The van der Waals surface area contributed by atoms with Gasteiger partial charge in [0, 0.05) is 0 Å². The Labute approximate surface area is 137 Å². The Hall–Kier alpha value is -2.61. The maximum atomic E-state index is 12.4. The summed E-state index contributed by atoms with van der Waals surface area (Å²) in [6, 6.07) is 9.42. The molecule has 0 aliphatic rings. The molecule has 0 saturated heterocycles. The highest BCUT2D eigenvalue weighted by molar-refractivity contribution is 7.05. The van der Waals surface area contributed by atoms with Crippen molar-refractivity contribution in [3.05, 3.63) is 52.8 Å². The van der Waals surface area contributed by atoms with E-state index in [9.17, 15) is 4.79 Å². The fourth-order valence-corrected chi connectivity index (χ4v) is 2.91. The third kappa shape index (κ3) is 3.26. The smallest absolute Gasteiger partial charge is 0.272 e. The van der Waals surface area contributed by atoms with Gasteiger partial charge in [-0.05, 0) is 29.6 Å². The number of nitrogens with one attached hydrogen (secondary N) is 1. The molecular formula is C15H16N6OS. The van der Waals surface area contributed by atoms with E-state index in [-0.39, 0.29) is 11.8 Å². The van der Waals surface area contributed by atoms with Gasteiger partial charge >= 0.3 is 0 Å². The van der Waals surface area contributed by atoms with Gasteiger partial charge in [-0.15, -0.1) is 10.2 Å². The second kappa shape index (κ2) is 6.66. The van der Waals surface area contributed by atoms with Crippen molar-refractivity contribution in [2.45, 2.75) is 26.3 Å². The molecular weight excluding hydrogens is 312 g/mol. The zero-order valence-electron chi connectivity index (χ0n) is 12.8. The molecule has 0 aliphatic heterocycles. The number of nitrogens with zero attached hydrogens (tertiary/aromatic N) is 5. The van der Waals surface area contributed by atoms with E-state index in [4.69, 9.17) is 0 Å². The quantitative estimate of drug-likeness (QED) is 0.776. The summed E-state index contributed by atoms with van der Waals surface area (Å²) in [5.41, 5.74) is 2.10. The molecule has 0 aliphatic carbocycles. The minimum Gasteiger partial charge on any atom is -0.346 e. The SMILES string of the molecule is CC(C)c1nnsc1CNC(=O)c1cnnn1-c1ccccc1. The van der Waals surface area contributed by atoms with Crippen molar-refractivity contribution in [2.24, 2.45) is 0 Å². The van der Waals surface area contributed by atoms with Gasteiger partial charge in [0.1, 0.15) is 0 Å². The molecule has 23 heavy (non-hydrogen) atoms. The monoisotopic (exact) mass is 328 g/mol. The van der Waals surface area contributed by atoms with Crippen molar-refractivity contribution in [1.82, 2.24) is 29.9 Å². The number of carbonyl (C=O) groups excluding carboxylic acids is 1. The number of rotatable bonds is 5. The highest BCUT2D eigenvalue weighted by Crippen LogP contribution is 2.19. The van der Waals surface area contributed by atoms with Gasteiger partial charge < -0.3 is 5.32 Å². The molecule has 0 radical (unpaired) electrons. The van der Waals surface area contributed by atoms with E-state index in [1.807, 2.05) is 30.3 Å². The molecule has 1 amide bonds. The van der Waals surface area contributed by atoms with E-state index >= 15 is 0 Å². The van der Waals surface area contributed by atoms with Crippen LogP contribution in [-0.2, 0) is 6.54 Å². The lowest BCUT2D eigenvalue weighted by Gasteiger charge is -2.08. The fourth-order valence-electron chi connectivity index (χ4n) is 2.18. The van der Waals surface area contributed by atoms with Crippen LogP contribution < -0.4 is 5.32 Å². The maximum Gasteiger partial charge on any atom is 0.272 e. The summed E-state index contributed by atoms with van der Waals surface area (Å²) in [5, 5.41) is 14.8. The number of hydrogen-bond acceptors (Lipinski definition) is 6. The predicted molar refractivity (Wildman–Crippen MR) is 86.5 cm³/mol. The zero-order chi connectivity index (χ0) is 16.2. The van der Waals surface area contributed by atoms with Crippen molar-refractivity contribution in [2.75, 3.05) is 0 Å². The predicted octanol–water partition coefficient (Wildman–Crippen LogP) is 2.17. The van der Waals surface area contributed by atoms with Crippen molar-refractivity contribution in [1.29, 1.82) is 0 Å². The molecule has 0 unspecified atom stereocenters. The second-order valence-corrected chi connectivity index (χ2v) is 6.12. The highest BCUT2D eigenvalue weighted by Gasteiger charge is 2.17. The Kier molecular flexibility index (Phi) is 4.42. The molecule has 1 aromatic carbocycles. The van der Waals surface area contributed by atoms with Gasteiger partial charge in [-0.1, -0.05) is 41.7 Å². The van der Waals surface area contributed by atoms with E-state index in [2.05, 4.69) is 39.1 Å². The van der Waals surface area contributed by atoms with Gasteiger partial charge in [0.25, 0.3) is 5.91 Å². The molecule has 0 saturated carbocycles. The number of para-hydroxylation sites is 1. The number of hydrogen-bond donors (Lipinski definition) is 1. The molecule has 1 N–H and O–H groups in total. The minimum absolute atomic E-state index is 0.234. The molecule has 118 valence electrons. The lowest BCUT2D eigenvalue weighted by Crippen LogP contribution is -2.25. The summed E-state index contributed by atoms with van der Waals surface area (Å²) in [7, 11) is 0. The van der Waals surface area contributed by atoms with E-state index in [1.54, 1.807) is 0 Å². The first kappa shape index (κ1) is 15.3. The second-order valence-electron chi connectivity index (χ2n) is 5.29. The summed E-state index contributed by atoms with van der Waals surface area (Å²) in [5.74, 6) is 0.0409. The van der Waals surface area contributed by atoms with Crippen molar-refractivity contribution < 1.29 is 4.79 Å². The molecule has 8 heteroatoms. The Morgan fingerprint density at radius 1 is 1.30 bits per heavy atom. The Morgan fingerprint density at radius 2 is 2.09 bits per heavy atom. The average Bonchev–Trinajstić information content (AvgIpc) is 3.22. The summed E-state index contributed by atoms with van der Waals surface area (Å²) in [6.45, 7) is 4.50. The van der Waals surface area contributed by atoms with Crippen LogP contribution in [0.15, 0.2) is 36.5 Å². The van der Waals surface area contributed by atoms with Crippen molar-refractivity contribution in [3.63, 3.8) is 0 Å². The summed E-state index contributed by atoms with van der Waals surface area (Å²) in [6.07, 6.45) is 1.45. The topological polar surface area (TPSA) is 85.6 Å². The van der Waals surface area contributed by atoms with Crippen LogP contribution >= 0.6 is 11.5 Å². The van der Waals surface area contributed by atoms with E-state index in [0.29, 0.717) is 12.2 Å². The average molecular weight is 328 g/mol. The van der Waals surface area contributed by atoms with Gasteiger partial charge in [0.15, 0.2) is 5.69 Å². The van der Waals surface area contributed by atoms with Gasteiger partial charge in [-0.25, -0.2) is 4.68 Å². The van der Waals surface area contributed by atoms with Crippen LogP contribution in [0.2, 0.25) is 0 Å². The molecule has 0 bridgehead atoms. The molecule has 0 fully saturated rings. The van der Waals surface area contributed by atoms with Crippen LogP contribution in [0.5, 0.6) is 0 Å². The molecule has 3 aromatic rings. The first-order chi connectivity index (χ1) is 11.2. The molecule has 3 rings (SSSR count). The standard InChI is InChI=1S/C15H16N6OS/c1-10(2)14-13(23-20-18-14)9-16-15(22)12-8-17-19-21(12)11-6-4-3-5-7-11/h3-8,10H,9H2,1-2H3,(H,16,22).